The number of hydrogen-bond acceptors (Lipinski definition) is 3. The summed E-state index contributed by atoms with van der Waals surface area (Å²) in [5.41, 5.74) is 6.85. The van der Waals surface area contributed by atoms with Gasteiger partial charge in [-0.25, -0.2) is 0 Å². The predicted octanol–water partition coefficient (Wildman–Crippen LogP) is 6.05. The lowest BCUT2D eigenvalue weighted by Crippen LogP contribution is -2.37. The van der Waals surface area contributed by atoms with Gasteiger partial charge in [-0.2, -0.15) is 0 Å². The smallest absolute Gasteiger partial charge is 0.0631 e. The minimum Gasteiger partial charge on any atom is -0.396 e. The van der Waals surface area contributed by atoms with Crippen molar-refractivity contribution < 1.29 is 5.11 Å². The van der Waals surface area contributed by atoms with Crippen molar-refractivity contribution in [1.29, 1.82) is 0 Å². The van der Waals surface area contributed by atoms with Crippen molar-refractivity contribution in [2.24, 2.45) is 5.92 Å². The highest BCUT2D eigenvalue weighted by Gasteiger charge is 2.30. The summed E-state index contributed by atoms with van der Waals surface area (Å²) in [6.45, 7) is 6.73. The molecule has 4 rings (SSSR count). The lowest BCUT2D eigenvalue weighted by Gasteiger charge is -2.40. The zero-order valence-electron chi connectivity index (χ0n) is 16.4. The lowest BCUT2D eigenvalue weighted by atomic mass is 9.87. The van der Waals surface area contributed by atoms with Crippen LogP contribution in [0.2, 0.25) is 0 Å². The summed E-state index contributed by atoms with van der Waals surface area (Å²) < 4.78 is 2.26. The summed E-state index contributed by atoms with van der Waals surface area (Å²) in [5, 5.41) is 11.1. The van der Waals surface area contributed by atoms with Gasteiger partial charge in [0.1, 0.15) is 0 Å². The van der Waals surface area contributed by atoms with E-state index in [1.165, 1.54) is 33.2 Å². The van der Waals surface area contributed by atoms with Crippen LogP contribution in [0, 0.1) is 19.8 Å². The minimum absolute atomic E-state index is 0.292. The number of likely N-dealkylation sites (tertiary alicyclic amines) is 1. The van der Waals surface area contributed by atoms with Crippen molar-refractivity contribution in [3.8, 4) is 0 Å². The van der Waals surface area contributed by atoms with E-state index in [0.717, 1.165) is 25.9 Å². The summed E-state index contributed by atoms with van der Waals surface area (Å²) in [6, 6.07) is 15.8. The SMILES string of the molecule is Cc1cc(C)c2c(ccn2SI)c1CN1CCC(CO)CC1c1ccccc1. The van der Waals surface area contributed by atoms with Crippen LogP contribution in [0.1, 0.15) is 41.1 Å². The van der Waals surface area contributed by atoms with Gasteiger partial charge in [0.05, 0.1) is 5.52 Å². The van der Waals surface area contributed by atoms with E-state index in [-0.39, 0.29) is 0 Å². The summed E-state index contributed by atoms with van der Waals surface area (Å²) in [5.74, 6) is 0.400. The molecule has 1 fully saturated rings. The maximum absolute atomic E-state index is 9.75. The molecule has 2 aromatic carbocycles. The molecule has 148 valence electrons. The molecule has 3 nitrogen and oxygen atoms in total. The van der Waals surface area contributed by atoms with Crippen LogP contribution in [0.25, 0.3) is 10.9 Å². The summed E-state index contributed by atoms with van der Waals surface area (Å²) in [6.07, 6.45) is 4.28. The lowest BCUT2D eigenvalue weighted by molar-refractivity contribution is 0.0750. The van der Waals surface area contributed by atoms with Crippen molar-refractivity contribution in [2.45, 2.75) is 39.3 Å². The van der Waals surface area contributed by atoms with E-state index < -0.39 is 0 Å². The summed E-state index contributed by atoms with van der Waals surface area (Å²) >= 11 is 2.35. The molecule has 0 amide bonds. The number of piperidine rings is 1. The van der Waals surface area contributed by atoms with E-state index in [1.807, 2.05) is 0 Å². The van der Waals surface area contributed by atoms with Crippen LogP contribution >= 0.6 is 30.3 Å². The molecular weight excluding hydrogens is 479 g/mol. The number of halogens is 1. The Kier molecular flexibility index (Phi) is 6.35. The van der Waals surface area contributed by atoms with Gasteiger partial charge < -0.3 is 5.11 Å². The first kappa shape index (κ1) is 20.3. The largest absolute Gasteiger partial charge is 0.396 e. The zero-order valence-corrected chi connectivity index (χ0v) is 19.4. The van der Waals surface area contributed by atoms with Crippen LogP contribution in [0.5, 0.6) is 0 Å². The molecule has 28 heavy (non-hydrogen) atoms. The molecule has 1 aliphatic heterocycles. The van der Waals surface area contributed by atoms with Gasteiger partial charge in [0.25, 0.3) is 0 Å². The van der Waals surface area contributed by atoms with Crippen LogP contribution in [0.4, 0.5) is 0 Å². The Labute approximate surface area is 183 Å². The van der Waals surface area contributed by atoms with Crippen molar-refractivity contribution >= 4 is 41.2 Å². The molecule has 2 unspecified atom stereocenters. The molecule has 0 saturated carbocycles. The molecule has 0 bridgehead atoms. The van der Waals surface area contributed by atoms with Crippen LogP contribution in [0.3, 0.4) is 0 Å². The molecule has 1 saturated heterocycles. The van der Waals surface area contributed by atoms with Gasteiger partial charge in [-0.3, -0.25) is 8.87 Å². The molecule has 0 spiro atoms. The van der Waals surface area contributed by atoms with Crippen molar-refractivity contribution in [3.05, 3.63) is 70.9 Å². The Bertz CT molecular complexity index is 956. The molecule has 0 aliphatic carbocycles. The predicted molar refractivity (Wildman–Crippen MR) is 128 cm³/mol. The number of aromatic nitrogens is 1. The highest BCUT2D eigenvalue weighted by atomic mass is 127. The number of fused-ring (bicyclic) bond motifs is 1. The van der Waals surface area contributed by atoms with Gasteiger partial charge in [-0.1, -0.05) is 36.4 Å². The van der Waals surface area contributed by atoms with E-state index in [1.54, 1.807) is 9.12 Å². The number of aliphatic hydroxyl groups is 1. The Balaban J connectivity index is 1.72. The number of aliphatic hydroxyl groups excluding tert-OH is 1. The minimum atomic E-state index is 0.292. The second-order valence-corrected chi connectivity index (χ2v) is 9.64. The third kappa shape index (κ3) is 3.86. The topological polar surface area (TPSA) is 28.4 Å². The van der Waals surface area contributed by atoms with E-state index in [2.05, 4.69) is 92.6 Å². The molecule has 2 heterocycles. The molecule has 1 N–H and O–H groups in total. The summed E-state index contributed by atoms with van der Waals surface area (Å²) in [7, 11) is 1.73. The van der Waals surface area contributed by atoms with Crippen LogP contribution in [-0.4, -0.2) is 27.1 Å². The maximum Gasteiger partial charge on any atom is 0.0631 e. The van der Waals surface area contributed by atoms with E-state index in [9.17, 15) is 5.11 Å². The normalized spacial score (nSPS) is 20.7. The third-order valence-electron chi connectivity index (χ3n) is 6.16. The monoisotopic (exact) mass is 506 g/mol. The highest BCUT2D eigenvalue weighted by molar-refractivity contribution is 14.2. The second-order valence-electron chi connectivity index (χ2n) is 7.93. The molecule has 1 aromatic heterocycles. The Hall–Kier alpha value is -1.02. The molecule has 2 atom stereocenters. The van der Waals surface area contributed by atoms with E-state index in [0.29, 0.717) is 18.6 Å². The van der Waals surface area contributed by atoms with Gasteiger partial charge in [0.2, 0.25) is 0 Å². The highest BCUT2D eigenvalue weighted by Crippen LogP contribution is 2.38. The van der Waals surface area contributed by atoms with Gasteiger partial charge in [-0.05, 0) is 67.5 Å². The molecule has 3 aromatic rings. The number of aryl methyl sites for hydroxylation is 2. The first-order valence-corrected chi connectivity index (χ1v) is 13.2. The van der Waals surface area contributed by atoms with Crippen LogP contribution < -0.4 is 0 Å². The van der Waals surface area contributed by atoms with E-state index in [4.69, 9.17) is 0 Å². The molecule has 5 heteroatoms. The van der Waals surface area contributed by atoms with Crippen molar-refractivity contribution in [3.63, 3.8) is 0 Å². The average Bonchev–Trinajstić information content (AvgIpc) is 3.16. The van der Waals surface area contributed by atoms with E-state index >= 15 is 0 Å². The zero-order chi connectivity index (χ0) is 19.7. The fourth-order valence-corrected chi connectivity index (χ4v) is 6.07. The Morgan fingerprint density at radius 1 is 1.14 bits per heavy atom. The average molecular weight is 506 g/mol. The quantitative estimate of drug-likeness (QED) is 0.427. The first-order valence-electron chi connectivity index (χ1n) is 9.91. The number of benzene rings is 2. The Morgan fingerprint density at radius 3 is 2.64 bits per heavy atom. The fourth-order valence-electron chi connectivity index (χ4n) is 4.67. The Morgan fingerprint density at radius 2 is 1.93 bits per heavy atom. The molecular formula is C23H27IN2OS. The molecule has 1 aliphatic rings. The summed E-state index contributed by atoms with van der Waals surface area (Å²) in [4.78, 5) is 2.62. The molecule has 0 radical (unpaired) electrons. The van der Waals surface area contributed by atoms with Gasteiger partial charge in [-0.15, -0.1) is 0 Å². The number of hydrogen-bond donors (Lipinski definition) is 1. The van der Waals surface area contributed by atoms with Crippen molar-refractivity contribution in [2.75, 3.05) is 13.2 Å². The van der Waals surface area contributed by atoms with Gasteiger partial charge >= 0.3 is 0 Å². The number of nitrogens with zero attached hydrogens (tertiary/aromatic N) is 2. The number of rotatable bonds is 5. The first-order chi connectivity index (χ1) is 13.6. The standard InChI is InChI=1S/C23H27IN2OS/c1-16-12-17(2)23-20(9-11-26(23)28-24)21(16)14-25-10-8-18(15-27)13-22(25)19-6-4-3-5-7-19/h3-7,9,11-12,18,22,27H,8,10,13-15H2,1-2H3. The van der Waals surface area contributed by atoms with Crippen molar-refractivity contribution in [1.82, 2.24) is 8.87 Å². The maximum atomic E-state index is 9.75. The van der Waals surface area contributed by atoms with Gasteiger partial charge in [0, 0.05) is 61.1 Å². The fraction of sp³-hybridized carbons (Fsp3) is 0.391. The van der Waals surface area contributed by atoms with Crippen LogP contribution in [0.15, 0.2) is 48.7 Å². The van der Waals surface area contributed by atoms with Crippen LogP contribution in [-0.2, 0) is 6.54 Å². The van der Waals surface area contributed by atoms with Gasteiger partial charge in [0.15, 0.2) is 0 Å². The second kappa shape index (κ2) is 8.78. The third-order valence-corrected chi connectivity index (χ3v) is 7.89.